The third-order valence-corrected chi connectivity index (χ3v) is 5.39. The smallest absolute Gasteiger partial charge is 0.309 e. The molecule has 30 heavy (non-hydrogen) atoms. The van der Waals surface area contributed by atoms with Gasteiger partial charge in [-0.25, -0.2) is 4.68 Å². The first-order chi connectivity index (χ1) is 14.6. The van der Waals surface area contributed by atoms with Crippen molar-refractivity contribution in [2.24, 2.45) is 0 Å². The molecule has 4 rings (SSSR count). The predicted octanol–water partition coefficient (Wildman–Crippen LogP) is 5.48. The lowest BCUT2D eigenvalue weighted by molar-refractivity contribution is -0.142. The normalized spacial score (nSPS) is 12.8. The third kappa shape index (κ3) is 4.12. The molecular weight excluding hydrogens is 400 g/mol. The van der Waals surface area contributed by atoms with Crippen LogP contribution in [0.25, 0.3) is 23.0 Å². The van der Waals surface area contributed by atoms with Gasteiger partial charge in [-0.1, -0.05) is 35.4 Å². The van der Waals surface area contributed by atoms with E-state index in [1.807, 2.05) is 60.1 Å². The highest BCUT2D eigenvalue weighted by atomic mass is 35.5. The molecule has 0 radical (unpaired) electrons. The second-order valence-corrected chi connectivity index (χ2v) is 7.55. The summed E-state index contributed by atoms with van der Waals surface area (Å²) in [5.74, 6) is 0.600. The van der Waals surface area contributed by atoms with Crippen LogP contribution in [0.15, 0.2) is 54.1 Å². The molecule has 0 amide bonds. The molecule has 1 heterocycles. The number of hydrogen-bond acceptors (Lipinski definition) is 4. The lowest BCUT2D eigenvalue weighted by atomic mass is 9.92. The Balaban J connectivity index is 1.82. The van der Waals surface area contributed by atoms with Crippen molar-refractivity contribution in [1.29, 1.82) is 0 Å². The molecule has 2 aromatic carbocycles. The minimum atomic E-state index is -0.192. The van der Waals surface area contributed by atoms with Crippen LogP contribution in [0.4, 0.5) is 0 Å². The predicted molar refractivity (Wildman–Crippen MR) is 118 cm³/mol. The SMILES string of the molecule is CCOC(=O)CC1=Cc2c(nn(-c3ccc(OC)cc3)c2-c2ccc(Cl)cc2)CC1. The number of ether oxygens (including phenoxy) is 2. The highest BCUT2D eigenvalue weighted by Crippen LogP contribution is 2.36. The Labute approximate surface area is 180 Å². The Morgan fingerprint density at radius 2 is 1.83 bits per heavy atom. The van der Waals surface area contributed by atoms with Gasteiger partial charge in [0, 0.05) is 16.1 Å². The van der Waals surface area contributed by atoms with Crippen molar-refractivity contribution < 1.29 is 14.3 Å². The maximum Gasteiger partial charge on any atom is 0.309 e. The van der Waals surface area contributed by atoms with Gasteiger partial charge < -0.3 is 9.47 Å². The minimum Gasteiger partial charge on any atom is -0.497 e. The fraction of sp³-hybridized carbons (Fsp3) is 0.250. The van der Waals surface area contributed by atoms with E-state index in [2.05, 4.69) is 6.08 Å². The molecule has 0 bridgehead atoms. The summed E-state index contributed by atoms with van der Waals surface area (Å²) in [6, 6.07) is 15.6. The molecule has 3 aromatic rings. The zero-order valence-electron chi connectivity index (χ0n) is 17.0. The number of rotatable bonds is 6. The molecule has 0 aliphatic heterocycles. The lowest BCUT2D eigenvalue weighted by Gasteiger charge is -2.14. The molecule has 6 heteroatoms. The quantitative estimate of drug-likeness (QED) is 0.493. The van der Waals surface area contributed by atoms with E-state index in [4.69, 9.17) is 26.2 Å². The lowest BCUT2D eigenvalue weighted by Crippen LogP contribution is -2.08. The fourth-order valence-electron chi connectivity index (χ4n) is 3.70. The van der Waals surface area contributed by atoms with Crippen LogP contribution in [0.3, 0.4) is 0 Å². The van der Waals surface area contributed by atoms with Crippen LogP contribution < -0.4 is 4.74 Å². The van der Waals surface area contributed by atoms with E-state index in [9.17, 15) is 4.79 Å². The zero-order valence-corrected chi connectivity index (χ0v) is 17.8. The monoisotopic (exact) mass is 422 g/mol. The van der Waals surface area contributed by atoms with Crippen molar-refractivity contribution in [3.63, 3.8) is 0 Å². The van der Waals surface area contributed by atoms with Gasteiger partial charge in [-0.2, -0.15) is 5.10 Å². The Morgan fingerprint density at radius 3 is 2.50 bits per heavy atom. The fourth-order valence-corrected chi connectivity index (χ4v) is 3.83. The van der Waals surface area contributed by atoms with Crippen LogP contribution in [-0.2, 0) is 16.0 Å². The number of nitrogens with zero attached hydrogens (tertiary/aromatic N) is 2. The van der Waals surface area contributed by atoms with Gasteiger partial charge in [-0.15, -0.1) is 0 Å². The molecule has 1 aliphatic rings. The molecule has 154 valence electrons. The highest BCUT2D eigenvalue weighted by molar-refractivity contribution is 6.30. The highest BCUT2D eigenvalue weighted by Gasteiger charge is 2.23. The second-order valence-electron chi connectivity index (χ2n) is 7.11. The van der Waals surface area contributed by atoms with E-state index in [-0.39, 0.29) is 5.97 Å². The summed E-state index contributed by atoms with van der Waals surface area (Å²) < 4.78 is 12.4. The van der Waals surface area contributed by atoms with Crippen molar-refractivity contribution in [2.75, 3.05) is 13.7 Å². The molecule has 1 aliphatic carbocycles. The number of hydrogen-bond donors (Lipinski definition) is 0. The van der Waals surface area contributed by atoms with Crippen LogP contribution in [0, 0.1) is 0 Å². The number of methoxy groups -OCH3 is 1. The summed E-state index contributed by atoms with van der Waals surface area (Å²) in [4.78, 5) is 12.0. The maximum atomic E-state index is 12.0. The Kier molecular flexibility index (Phi) is 5.91. The number of aryl methyl sites for hydroxylation is 1. The van der Waals surface area contributed by atoms with Crippen molar-refractivity contribution in [2.45, 2.75) is 26.2 Å². The molecule has 0 N–H and O–H groups in total. The minimum absolute atomic E-state index is 0.192. The van der Waals surface area contributed by atoms with Gasteiger partial charge in [0.1, 0.15) is 5.75 Å². The van der Waals surface area contributed by atoms with E-state index in [1.54, 1.807) is 7.11 Å². The summed E-state index contributed by atoms with van der Waals surface area (Å²) in [5, 5.41) is 5.59. The Hall–Kier alpha value is -3.05. The molecular formula is C24H23ClN2O3. The summed E-state index contributed by atoms with van der Waals surface area (Å²) in [6.45, 7) is 2.21. The molecule has 0 saturated heterocycles. The van der Waals surface area contributed by atoms with Crippen molar-refractivity contribution in [3.8, 4) is 22.7 Å². The molecule has 5 nitrogen and oxygen atoms in total. The number of benzene rings is 2. The van der Waals surface area contributed by atoms with E-state index in [0.29, 0.717) is 18.1 Å². The Bertz CT molecular complexity index is 1080. The topological polar surface area (TPSA) is 53.3 Å². The van der Waals surface area contributed by atoms with Gasteiger partial charge in [-0.3, -0.25) is 4.79 Å². The molecule has 1 aromatic heterocycles. The van der Waals surface area contributed by atoms with Gasteiger partial charge in [-0.05, 0) is 56.2 Å². The first-order valence-electron chi connectivity index (χ1n) is 9.96. The van der Waals surface area contributed by atoms with Crippen molar-refractivity contribution >= 4 is 23.6 Å². The van der Waals surface area contributed by atoms with Gasteiger partial charge in [0.2, 0.25) is 0 Å². The number of carbonyl (C=O) groups is 1. The summed E-state index contributed by atoms with van der Waals surface area (Å²) in [6.07, 6.45) is 3.98. The van der Waals surface area contributed by atoms with Crippen molar-refractivity contribution in [3.05, 3.63) is 70.4 Å². The van der Waals surface area contributed by atoms with Crippen LogP contribution >= 0.6 is 11.6 Å². The molecule has 0 fully saturated rings. The average molecular weight is 423 g/mol. The molecule has 0 atom stereocenters. The van der Waals surface area contributed by atoms with E-state index in [1.165, 1.54) is 0 Å². The summed E-state index contributed by atoms with van der Waals surface area (Å²) >= 11 is 6.12. The van der Waals surface area contributed by atoms with Crippen LogP contribution in [0.2, 0.25) is 5.02 Å². The largest absolute Gasteiger partial charge is 0.497 e. The number of halogens is 1. The van der Waals surface area contributed by atoms with Gasteiger partial charge >= 0.3 is 5.97 Å². The van der Waals surface area contributed by atoms with E-state index in [0.717, 1.165) is 52.4 Å². The first kappa shape index (κ1) is 20.2. The number of aromatic nitrogens is 2. The van der Waals surface area contributed by atoms with E-state index >= 15 is 0 Å². The van der Waals surface area contributed by atoms with Crippen LogP contribution in [0.5, 0.6) is 5.75 Å². The second kappa shape index (κ2) is 8.76. The zero-order chi connectivity index (χ0) is 21.1. The first-order valence-corrected chi connectivity index (χ1v) is 10.3. The van der Waals surface area contributed by atoms with Crippen LogP contribution in [0.1, 0.15) is 31.0 Å². The number of fused-ring (bicyclic) bond motifs is 1. The van der Waals surface area contributed by atoms with E-state index < -0.39 is 0 Å². The van der Waals surface area contributed by atoms with Gasteiger partial charge in [0.15, 0.2) is 0 Å². The molecule has 0 unspecified atom stereocenters. The number of carbonyl (C=O) groups excluding carboxylic acids is 1. The van der Waals surface area contributed by atoms with Gasteiger partial charge in [0.25, 0.3) is 0 Å². The molecule has 0 saturated carbocycles. The van der Waals surface area contributed by atoms with Crippen molar-refractivity contribution in [1.82, 2.24) is 9.78 Å². The summed E-state index contributed by atoms with van der Waals surface area (Å²) in [5.41, 5.74) is 6.05. The van der Waals surface area contributed by atoms with Gasteiger partial charge in [0.05, 0.1) is 37.2 Å². The Morgan fingerprint density at radius 1 is 1.10 bits per heavy atom. The molecule has 0 spiro atoms. The third-order valence-electron chi connectivity index (χ3n) is 5.14. The van der Waals surface area contributed by atoms with Crippen LogP contribution in [-0.4, -0.2) is 29.5 Å². The standard InChI is InChI=1S/C24H23ClN2O3/c1-3-30-23(28)15-16-4-13-22-21(14-16)24(17-5-7-18(25)8-6-17)27(26-22)19-9-11-20(29-2)12-10-19/h5-12,14H,3-4,13,15H2,1-2H3. The summed E-state index contributed by atoms with van der Waals surface area (Å²) in [7, 11) is 1.65. The average Bonchev–Trinajstić information content (AvgIpc) is 3.13. The number of esters is 1. The maximum absolute atomic E-state index is 12.0.